The zero-order valence-corrected chi connectivity index (χ0v) is 14.7. The van der Waals surface area contributed by atoms with Gasteiger partial charge in [-0.15, -0.1) is 11.3 Å². The second-order valence-corrected chi connectivity index (χ2v) is 8.55. The van der Waals surface area contributed by atoms with E-state index >= 15 is 0 Å². The predicted octanol–water partition coefficient (Wildman–Crippen LogP) is 4.50. The van der Waals surface area contributed by atoms with Crippen LogP contribution in [0.15, 0.2) is 32.3 Å². The molecule has 0 aliphatic carbocycles. The van der Waals surface area contributed by atoms with Gasteiger partial charge in [0.25, 0.3) is 10.0 Å². The Bertz CT molecular complexity index is 744. The van der Waals surface area contributed by atoms with E-state index in [0.717, 1.165) is 23.5 Å². The van der Waals surface area contributed by atoms with Crippen molar-refractivity contribution in [3.8, 4) is 5.75 Å². The van der Waals surface area contributed by atoms with Gasteiger partial charge in [-0.3, -0.25) is 4.72 Å². The van der Waals surface area contributed by atoms with Gasteiger partial charge in [0.05, 0.1) is 21.1 Å². The van der Waals surface area contributed by atoms with Crippen molar-refractivity contribution in [2.75, 3.05) is 11.3 Å². The molecule has 0 aliphatic rings. The first-order valence-electron chi connectivity index (χ1n) is 5.73. The number of nitrogens with one attached hydrogen (secondary N) is 1. The van der Waals surface area contributed by atoms with E-state index in [1.165, 1.54) is 12.1 Å². The normalized spacial score (nSPS) is 11.4. The lowest BCUT2D eigenvalue weighted by atomic mass is 10.3. The molecule has 0 aliphatic heterocycles. The molecule has 0 atom stereocenters. The van der Waals surface area contributed by atoms with Crippen LogP contribution in [0.1, 0.15) is 6.92 Å². The minimum Gasteiger partial charge on any atom is -0.492 e. The molecular weight excluding hydrogens is 405 g/mol. The van der Waals surface area contributed by atoms with Gasteiger partial charge in [0.2, 0.25) is 0 Å². The van der Waals surface area contributed by atoms with Crippen molar-refractivity contribution in [2.24, 2.45) is 0 Å². The number of halogens is 3. The Balaban J connectivity index is 2.36. The molecule has 114 valence electrons. The summed E-state index contributed by atoms with van der Waals surface area (Å²) >= 11 is 9.98. The van der Waals surface area contributed by atoms with E-state index < -0.39 is 15.8 Å². The molecule has 21 heavy (non-hydrogen) atoms. The third-order valence-corrected chi connectivity index (χ3v) is 6.69. The van der Waals surface area contributed by atoms with Gasteiger partial charge in [0, 0.05) is 6.07 Å². The van der Waals surface area contributed by atoms with Crippen molar-refractivity contribution in [1.29, 1.82) is 0 Å². The quantitative estimate of drug-likeness (QED) is 0.783. The fourth-order valence-corrected chi connectivity index (χ4v) is 4.98. The SMILES string of the molecule is CCOc1cc(F)ccc1NS(=O)(=O)c1cc(Cl)c(Br)s1. The number of sulfonamides is 1. The van der Waals surface area contributed by atoms with E-state index in [-0.39, 0.29) is 22.3 Å². The lowest BCUT2D eigenvalue weighted by molar-refractivity contribution is 0.340. The predicted molar refractivity (Wildman–Crippen MR) is 85.4 cm³/mol. The van der Waals surface area contributed by atoms with Crippen molar-refractivity contribution in [3.05, 3.63) is 38.9 Å². The summed E-state index contributed by atoms with van der Waals surface area (Å²) in [7, 11) is -3.82. The molecule has 0 spiro atoms. The summed E-state index contributed by atoms with van der Waals surface area (Å²) in [6.45, 7) is 2.01. The van der Waals surface area contributed by atoms with Crippen molar-refractivity contribution in [3.63, 3.8) is 0 Å². The minimum absolute atomic E-state index is 0.0474. The second kappa shape index (κ2) is 6.51. The van der Waals surface area contributed by atoms with Gasteiger partial charge in [-0.1, -0.05) is 11.6 Å². The largest absolute Gasteiger partial charge is 0.492 e. The standard InChI is InChI=1S/C12H10BrClFNO3S2/c1-2-19-10-5-7(15)3-4-9(10)16-21(17,18)11-6-8(14)12(13)20-11/h3-6,16H,2H2,1H3. The molecule has 9 heteroatoms. The molecule has 0 bridgehead atoms. The molecule has 0 saturated heterocycles. The summed E-state index contributed by atoms with van der Waals surface area (Å²) in [5, 5.41) is 0.310. The fourth-order valence-electron chi connectivity index (χ4n) is 1.51. The Kier molecular flexibility index (Phi) is 5.13. The van der Waals surface area contributed by atoms with Crippen LogP contribution in [0.2, 0.25) is 5.02 Å². The smallest absolute Gasteiger partial charge is 0.271 e. The summed E-state index contributed by atoms with van der Waals surface area (Å²) in [6, 6.07) is 4.92. The second-order valence-electron chi connectivity index (χ2n) is 3.87. The molecule has 0 fully saturated rings. The molecule has 0 unspecified atom stereocenters. The third kappa shape index (κ3) is 3.88. The highest BCUT2D eigenvalue weighted by Crippen LogP contribution is 2.36. The Morgan fingerprint density at radius 3 is 2.71 bits per heavy atom. The first kappa shape index (κ1) is 16.5. The molecule has 0 radical (unpaired) electrons. The summed E-state index contributed by atoms with van der Waals surface area (Å²) < 4.78 is 45.9. The molecular formula is C12H10BrClFNO3S2. The fraction of sp³-hybridized carbons (Fsp3) is 0.167. The van der Waals surface area contributed by atoms with E-state index in [4.69, 9.17) is 16.3 Å². The highest BCUT2D eigenvalue weighted by Gasteiger charge is 2.21. The van der Waals surface area contributed by atoms with Crippen LogP contribution < -0.4 is 9.46 Å². The molecule has 2 aromatic rings. The number of thiophene rings is 1. The number of anilines is 1. The monoisotopic (exact) mass is 413 g/mol. The van der Waals surface area contributed by atoms with Crippen molar-refractivity contribution in [1.82, 2.24) is 0 Å². The van der Waals surface area contributed by atoms with Crippen LogP contribution in [-0.4, -0.2) is 15.0 Å². The van der Waals surface area contributed by atoms with Gasteiger partial charge >= 0.3 is 0 Å². The summed E-state index contributed by atoms with van der Waals surface area (Å²) in [5.74, 6) is -0.383. The molecule has 1 aromatic carbocycles. The number of rotatable bonds is 5. The van der Waals surface area contributed by atoms with Gasteiger partial charge < -0.3 is 4.74 Å². The molecule has 1 N–H and O–H groups in total. The number of hydrogen-bond donors (Lipinski definition) is 1. The van der Waals surface area contributed by atoms with Crippen LogP contribution in [0.25, 0.3) is 0 Å². The van der Waals surface area contributed by atoms with Gasteiger partial charge in [0.1, 0.15) is 15.8 Å². The maximum Gasteiger partial charge on any atom is 0.271 e. The van der Waals surface area contributed by atoms with E-state index in [1.54, 1.807) is 6.92 Å². The van der Waals surface area contributed by atoms with Crippen LogP contribution in [0.4, 0.5) is 10.1 Å². The van der Waals surface area contributed by atoms with E-state index in [2.05, 4.69) is 20.7 Å². The highest BCUT2D eigenvalue weighted by atomic mass is 79.9. The molecule has 4 nitrogen and oxygen atoms in total. The van der Waals surface area contributed by atoms with Gasteiger partial charge in [-0.25, -0.2) is 12.8 Å². The summed E-state index contributed by atoms with van der Waals surface area (Å²) in [5.41, 5.74) is 0.166. The zero-order chi connectivity index (χ0) is 15.6. The lowest BCUT2D eigenvalue weighted by Gasteiger charge is -2.12. The maximum absolute atomic E-state index is 13.2. The molecule has 0 saturated carbocycles. The summed E-state index contributed by atoms with van der Waals surface area (Å²) in [6.07, 6.45) is 0. The zero-order valence-electron chi connectivity index (χ0n) is 10.7. The van der Waals surface area contributed by atoms with E-state index in [9.17, 15) is 12.8 Å². The summed E-state index contributed by atoms with van der Waals surface area (Å²) in [4.78, 5) is 0. The Morgan fingerprint density at radius 2 is 2.14 bits per heavy atom. The van der Waals surface area contributed by atoms with E-state index in [0.29, 0.717) is 8.81 Å². The Morgan fingerprint density at radius 1 is 1.43 bits per heavy atom. The Hall–Kier alpha value is -0.830. The molecule has 1 aromatic heterocycles. The van der Waals surface area contributed by atoms with Gasteiger partial charge in [-0.05, 0) is 41.1 Å². The average molecular weight is 415 g/mol. The maximum atomic E-state index is 13.2. The van der Waals surface area contributed by atoms with Crippen molar-refractivity contribution >= 4 is 54.6 Å². The first-order valence-corrected chi connectivity index (χ1v) is 9.20. The number of ether oxygens (including phenoxy) is 1. The van der Waals surface area contributed by atoms with Crippen LogP contribution in [0, 0.1) is 5.82 Å². The highest BCUT2D eigenvalue weighted by molar-refractivity contribution is 9.11. The van der Waals surface area contributed by atoms with Crippen LogP contribution >= 0.6 is 38.9 Å². The molecule has 1 heterocycles. The number of benzene rings is 1. The van der Waals surface area contributed by atoms with Crippen molar-refractivity contribution < 1.29 is 17.5 Å². The molecule has 0 amide bonds. The average Bonchev–Trinajstić information content (AvgIpc) is 2.74. The lowest BCUT2D eigenvalue weighted by Crippen LogP contribution is -2.12. The van der Waals surface area contributed by atoms with Crippen LogP contribution in [0.3, 0.4) is 0 Å². The van der Waals surface area contributed by atoms with Crippen molar-refractivity contribution in [2.45, 2.75) is 11.1 Å². The van der Waals surface area contributed by atoms with Gasteiger partial charge in [-0.2, -0.15) is 0 Å². The topological polar surface area (TPSA) is 55.4 Å². The minimum atomic E-state index is -3.82. The third-order valence-electron chi connectivity index (χ3n) is 2.38. The van der Waals surface area contributed by atoms with E-state index in [1.807, 2.05) is 0 Å². The van der Waals surface area contributed by atoms with Crippen LogP contribution in [0.5, 0.6) is 5.75 Å². The number of hydrogen-bond acceptors (Lipinski definition) is 4. The first-order chi connectivity index (χ1) is 9.83. The molecule has 2 rings (SSSR count). The Labute approximate surface area is 139 Å². The van der Waals surface area contributed by atoms with Gasteiger partial charge in [0.15, 0.2) is 0 Å². The van der Waals surface area contributed by atoms with Crippen LogP contribution in [-0.2, 0) is 10.0 Å².